The van der Waals surface area contributed by atoms with Crippen LogP contribution in [0.2, 0.25) is 0 Å². The first-order chi connectivity index (χ1) is 8.79. The van der Waals surface area contributed by atoms with Crippen LogP contribution in [0.4, 0.5) is 4.39 Å². The van der Waals surface area contributed by atoms with Crippen LogP contribution in [0.1, 0.15) is 11.1 Å². The summed E-state index contributed by atoms with van der Waals surface area (Å²) in [5, 5.41) is 0. The van der Waals surface area contributed by atoms with Crippen molar-refractivity contribution in [2.24, 2.45) is 0 Å². The van der Waals surface area contributed by atoms with E-state index in [9.17, 15) is 9.18 Å². The highest BCUT2D eigenvalue weighted by molar-refractivity contribution is 5.55. The molecule has 0 saturated heterocycles. The van der Waals surface area contributed by atoms with Gasteiger partial charge in [-0.1, -0.05) is 30.3 Å². The number of benzene rings is 2. The van der Waals surface area contributed by atoms with Crippen LogP contribution in [0.15, 0.2) is 48.5 Å². The second kappa shape index (κ2) is 5.96. The summed E-state index contributed by atoms with van der Waals surface area (Å²) >= 11 is 0. The van der Waals surface area contributed by atoms with Crippen molar-refractivity contribution >= 4 is 6.29 Å². The Morgan fingerprint density at radius 3 is 2.44 bits per heavy atom. The quantitative estimate of drug-likeness (QED) is 0.755. The first-order valence-corrected chi connectivity index (χ1v) is 5.68. The summed E-state index contributed by atoms with van der Waals surface area (Å²) < 4.78 is 18.8. The number of hydrogen-bond donors (Lipinski definition) is 0. The summed E-state index contributed by atoms with van der Waals surface area (Å²) in [4.78, 5) is 10.3. The third-order valence-electron chi connectivity index (χ3n) is 2.59. The van der Waals surface area contributed by atoms with Crippen molar-refractivity contribution in [3.63, 3.8) is 0 Å². The molecule has 0 aliphatic heterocycles. The van der Waals surface area contributed by atoms with Crippen LogP contribution >= 0.6 is 0 Å². The number of rotatable bonds is 5. The molecule has 3 heteroatoms. The molecular formula is C15H13FO2. The molecule has 0 unspecified atom stereocenters. The molecule has 0 aliphatic carbocycles. The van der Waals surface area contributed by atoms with Crippen molar-refractivity contribution in [3.05, 3.63) is 65.5 Å². The summed E-state index contributed by atoms with van der Waals surface area (Å²) in [7, 11) is 0. The van der Waals surface area contributed by atoms with Gasteiger partial charge < -0.3 is 9.53 Å². The topological polar surface area (TPSA) is 26.3 Å². The molecule has 92 valence electrons. The smallest absolute Gasteiger partial charge is 0.129 e. The van der Waals surface area contributed by atoms with Gasteiger partial charge in [0.2, 0.25) is 0 Å². The Balaban J connectivity index is 1.98. The molecule has 0 radical (unpaired) electrons. The number of aldehydes is 1. The number of carbonyl (C=O) groups is 1. The Morgan fingerprint density at radius 2 is 1.78 bits per heavy atom. The normalized spacial score (nSPS) is 10.1. The Morgan fingerprint density at radius 1 is 1.06 bits per heavy atom. The average molecular weight is 244 g/mol. The predicted molar refractivity (Wildman–Crippen MR) is 66.9 cm³/mol. The fourth-order valence-corrected chi connectivity index (χ4v) is 1.59. The highest BCUT2D eigenvalue weighted by atomic mass is 19.1. The Kier molecular flexibility index (Phi) is 4.07. The van der Waals surface area contributed by atoms with Crippen molar-refractivity contribution < 1.29 is 13.9 Å². The molecule has 0 atom stereocenters. The monoisotopic (exact) mass is 244 g/mol. The lowest BCUT2D eigenvalue weighted by Gasteiger charge is -2.07. The van der Waals surface area contributed by atoms with E-state index in [2.05, 4.69) is 0 Å². The van der Waals surface area contributed by atoms with E-state index in [1.54, 1.807) is 30.3 Å². The van der Waals surface area contributed by atoms with Crippen molar-refractivity contribution in [1.29, 1.82) is 0 Å². The first-order valence-electron chi connectivity index (χ1n) is 5.68. The minimum Gasteiger partial charge on any atom is -0.489 e. The van der Waals surface area contributed by atoms with E-state index < -0.39 is 0 Å². The molecule has 2 nitrogen and oxygen atoms in total. The molecule has 0 N–H and O–H groups in total. The second-order valence-electron chi connectivity index (χ2n) is 3.89. The summed E-state index contributed by atoms with van der Waals surface area (Å²) in [6.07, 6.45) is 1.25. The molecule has 0 aliphatic rings. The van der Waals surface area contributed by atoms with Crippen LogP contribution in [0.3, 0.4) is 0 Å². The van der Waals surface area contributed by atoms with E-state index in [-0.39, 0.29) is 12.4 Å². The maximum absolute atomic E-state index is 13.3. The van der Waals surface area contributed by atoms with Gasteiger partial charge in [-0.2, -0.15) is 0 Å². The summed E-state index contributed by atoms with van der Waals surface area (Å²) in [5.41, 5.74) is 1.46. The molecule has 0 bridgehead atoms. The van der Waals surface area contributed by atoms with Gasteiger partial charge in [-0.25, -0.2) is 4.39 Å². The highest BCUT2D eigenvalue weighted by Gasteiger charge is 2.01. The second-order valence-corrected chi connectivity index (χ2v) is 3.89. The molecule has 2 aromatic rings. The van der Waals surface area contributed by atoms with E-state index in [1.165, 1.54) is 6.07 Å². The Hall–Kier alpha value is -2.16. The lowest BCUT2D eigenvalue weighted by Crippen LogP contribution is -1.98. The number of carbonyl (C=O) groups excluding carboxylic acids is 1. The SMILES string of the molecule is O=CCc1ccc(OCc2ccccc2F)cc1. The first kappa shape index (κ1) is 12.3. The molecule has 0 aromatic heterocycles. The van der Waals surface area contributed by atoms with Crippen molar-refractivity contribution in [3.8, 4) is 5.75 Å². The molecule has 0 fully saturated rings. The zero-order valence-corrected chi connectivity index (χ0v) is 9.80. The van der Waals surface area contributed by atoms with Crippen molar-refractivity contribution in [2.45, 2.75) is 13.0 Å². The maximum atomic E-state index is 13.3. The van der Waals surface area contributed by atoms with E-state index in [4.69, 9.17) is 4.74 Å². The Bertz CT molecular complexity index is 520. The van der Waals surface area contributed by atoms with E-state index in [1.807, 2.05) is 12.1 Å². The molecule has 0 spiro atoms. The van der Waals surface area contributed by atoms with Crippen LogP contribution < -0.4 is 4.74 Å². The highest BCUT2D eigenvalue weighted by Crippen LogP contribution is 2.15. The molecule has 18 heavy (non-hydrogen) atoms. The van der Waals surface area contributed by atoms with Gasteiger partial charge >= 0.3 is 0 Å². The lowest BCUT2D eigenvalue weighted by molar-refractivity contribution is -0.107. The average Bonchev–Trinajstić information content (AvgIpc) is 2.40. The third kappa shape index (κ3) is 3.17. The van der Waals surface area contributed by atoms with Crippen molar-refractivity contribution in [1.82, 2.24) is 0 Å². The summed E-state index contributed by atoms with van der Waals surface area (Å²) in [5.74, 6) is 0.392. The molecule has 0 amide bonds. The largest absolute Gasteiger partial charge is 0.489 e. The van der Waals surface area contributed by atoms with E-state index >= 15 is 0 Å². The minimum absolute atomic E-state index is 0.194. The molecule has 2 rings (SSSR count). The fraction of sp³-hybridized carbons (Fsp3) is 0.133. The number of hydrogen-bond acceptors (Lipinski definition) is 2. The molecular weight excluding hydrogens is 231 g/mol. The van der Waals surface area contributed by atoms with Crippen molar-refractivity contribution in [2.75, 3.05) is 0 Å². The van der Waals surface area contributed by atoms with Gasteiger partial charge in [0.05, 0.1) is 0 Å². The fourth-order valence-electron chi connectivity index (χ4n) is 1.59. The van der Waals surface area contributed by atoms with E-state index in [0.29, 0.717) is 17.7 Å². The summed E-state index contributed by atoms with van der Waals surface area (Å²) in [6, 6.07) is 13.7. The zero-order valence-electron chi connectivity index (χ0n) is 9.80. The van der Waals surface area contributed by atoms with Crippen LogP contribution in [0, 0.1) is 5.82 Å². The maximum Gasteiger partial charge on any atom is 0.129 e. The minimum atomic E-state index is -0.268. The lowest BCUT2D eigenvalue weighted by atomic mass is 10.1. The number of ether oxygens (including phenoxy) is 1. The van der Waals surface area contributed by atoms with Gasteiger partial charge in [0, 0.05) is 12.0 Å². The van der Waals surface area contributed by atoms with Gasteiger partial charge in [0.1, 0.15) is 24.5 Å². The standard InChI is InChI=1S/C15H13FO2/c16-15-4-2-1-3-13(15)11-18-14-7-5-12(6-8-14)9-10-17/h1-8,10H,9,11H2. The molecule has 0 saturated carbocycles. The number of halogens is 1. The summed E-state index contributed by atoms with van der Waals surface area (Å²) in [6.45, 7) is 0.194. The van der Waals surface area contributed by atoms with Gasteiger partial charge in [0.15, 0.2) is 0 Å². The van der Waals surface area contributed by atoms with Crippen LogP contribution in [-0.2, 0) is 17.8 Å². The Labute approximate surface area is 105 Å². The van der Waals surface area contributed by atoms with Crippen LogP contribution in [-0.4, -0.2) is 6.29 Å². The van der Waals surface area contributed by atoms with Gasteiger partial charge in [0.25, 0.3) is 0 Å². The van der Waals surface area contributed by atoms with Crippen LogP contribution in [0.25, 0.3) is 0 Å². The molecule has 0 heterocycles. The molecule has 2 aromatic carbocycles. The third-order valence-corrected chi connectivity index (χ3v) is 2.59. The van der Waals surface area contributed by atoms with Gasteiger partial charge in [-0.3, -0.25) is 0 Å². The zero-order chi connectivity index (χ0) is 12.8. The predicted octanol–water partition coefficient (Wildman–Crippen LogP) is 3.15. The van der Waals surface area contributed by atoms with Gasteiger partial charge in [-0.15, -0.1) is 0 Å². The van der Waals surface area contributed by atoms with E-state index in [0.717, 1.165) is 11.8 Å². The van der Waals surface area contributed by atoms with Gasteiger partial charge in [-0.05, 0) is 23.8 Å². The van der Waals surface area contributed by atoms with Crippen LogP contribution in [0.5, 0.6) is 5.75 Å².